The van der Waals surface area contributed by atoms with Crippen molar-refractivity contribution in [3.63, 3.8) is 0 Å². The van der Waals surface area contributed by atoms with Crippen LogP contribution in [0.1, 0.15) is 38.3 Å². The van der Waals surface area contributed by atoms with Crippen LogP contribution in [-0.2, 0) is 14.3 Å². The first-order valence-electron chi connectivity index (χ1n) is 8.97. The Bertz CT molecular complexity index is 630. The molecule has 1 amide bonds. The molecule has 0 aromatic heterocycles. The van der Waals surface area contributed by atoms with E-state index in [1.54, 1.807) is 7.11 Å². The van der Waals surface area contributed by atoms with E-state index in [0.29, 0.717) is 32.5 Å². The van der Waals surface area contributed by atoms with Crippen molar-refractivity contribution in [2.24, 2.45) is 5.92 Å². The third kappa shape index (κ3) is 5.45. The number of rotatable bonds is 7. The molecule has 1 atom stereocenters. The number of likely N-dealkylation sites (tertiary alicyclic amines) is 1. The van der Waals surface area contributed by atoms with Gasteiger partial charge < -0.3 is 19.7 Å². The molecule has 1 aliphatic heterocycles. The van der Waals surface area contributed by atoms with Crippen molar-refractivity contribution in [2.45, 2.75) is 32.7 Å². The van der Waals surface area contributed by atoms with Gasteiger partial charge in [0, 0.05) is 19.1 Å². The fourth-order valence-corrected chi connectivity index (χ4v) is 3.61. The standard InChI is InChI=1S/C19H27BrN2O4/c1-4-26-19(24)14-7-9-22(10-8-14)18(23)12-21-13(2)15-5-6-17(25-3)16(20)11-15/h5-6,11,13-14,21H,4,7-10,12H2,1-3H3. The molecule has 0 radical (unpaired) electrons. The van der Waals surface area contributed by atoms with Gasteiger partial charge in [-0.1, -0.05) is 6.07 Å². The smallest absolute Gasteiger partial charge is 0.309 e. The molecule has 1 unspecified atom stereocenters. The molecule has 1 N–H and O–H groups in total. The second-order valence-electron chi connectivity index (χ2n) is 6.40. The molecule has 1 fully saturated rings. The molecule has 6 nitrogen and oxygen atoms in total. The predicted molar refractivity (Wildman–Crippen MR) is 103 cm³/mol. The van der Waals surface area contributed by atoms with Crippen molar-refractivity contribution in [3.8, 4) is 5.75 Å². The molecule has 7 heteroatoms. The zero-order valence-corrected chi connectivity index (χ0v) is 17.2. The Hall–Kier alpha value is -1.60. The van der Waals surface area contributed by atoms with Crippen molar-refractivity contribution >= 4 is 27.8 Å². The Labute approximate surface area is 163 Å². The highest BCUT2D eigenvalue weighted by atomic mass is 79.9. The molecule has 1 heterocycles. The molecule has 0 aliphatic carbocycles. The predicted octanol–water partition coefficient (Wildman–Crippen LogP) is 2.91. The summed E-state index contributed by atoms with van der Waals surface area (Å²) in [7, 11) is 1.63. The minimum absolute atomic E-state index is 0.0400. The average molecular weight is 427 g/mol. The first-order valence-corrected chi connectivity index (χ1v) is 9.76. The highest BCUT2D eigenvalue weighted by Gasteiger charge is 2.28. The summed E-state index contributed by atoms with van der Waals surface area (Å²) in [5, 5.41) is 3.27. The number of halogens is 1. The Kier molecular flexibility index (Phi) is 7.90. The normalized spacial score (nSPS) is 16.2. The topological polar surface area (TPSA) is 67.9 Å². The number of piperidine rings is 1. The SMILES string of the molecule is CCOC(=O)C1CCN(C(=O)CNC(C)c2ccc(OC)c(Br)c2)CC1. The molecular weight excluding hydrogens is 400 g/mol. The summed E-state index contributed by atoms with van der Waals surface area (Å²) in [6.45, 7) is 5.72. The zero-order chi connectivity index (χ0) is 19.1. The summed E-state index contributed by atoms with van der Waals surface area (Å²) in [6, 6.07) is 5.92. The number of carbonyl (C=O) groups excluding carboxylic acids is 2. The van der Waals surface area contributed by atoms with E-state index >= 15 is 0 Å². The maximum atomic E-state index is 12.4. The highest BCUT2D eigenvalue weighted by molar-refractivity contribution is 9.10. The summed E-state index contributed by atoms with van der Waals surface area (Å²) in [4.78, 5) is 26.0. The van der Waals surface area contributed by atoms with Crippen molar-refractivity contribution in [1.29, 1.82) is 0 Å². The molecule has 144 valence electrons. The number of nitrogens with zero attached hydrogens (tertiary/aromatic N) is 1. The van der Waals surface area contributed by atoms with Crippen LogP contribution in [0.5, 0.6) is 5.75 Å². The molecule has 1 aromatic rings. The molecule has 1 aromatic carbocycles. The number of nitrogens with one attached hydrogen (secondary N) is 1. The first kappa shape index (κ1) is 20.7. The van der Waals surface area contributed by atoms with E-state index in [1.807, 2.05) is 36.9 Å². The van der Waals surface area contributed by atoms with E-state index in [4.69, 9.17) is 9.47 Å². The van der Waals surface area contributed by atoms with Crippen LogP contribution in [-0.4, -0.2) is 50.1 Å². The molecule has 0 bridgehead atoms. The Morgan fingerprint density at radius 1 is 1.35 bits per heavy atom. The number of hydrogen-bond acceptors (Lipinski definition) is 5. The van der Waals surface area contributed by atoms with Crippen LogP contribution in [0.25, 0.3) is 0 Å². The summed E-state index contributed by atoms with van der Waals surface area (Å²) < 4.78 is 11.2. The largest absolute Gasteiger partial charge is 0.496 e. The van der Waals surface area contributed by atoms with Gasteiger partial charge in [-0.05, 0) is 60.3 Å². The van der Waals surface area contributed by atoms with Gasteiger partial charge in [-0.3, -0.25) is 9.59 Å². The lowest BCUT2D eigenvalue weighted by Gasteiger charge is -2.31. The average Bonchev–Trinajstić information content (AvgIpc) is 2.66. The summed E-state index contributed by atoms with van der Waals surface area (Å²) in [6.07, 6.45) is 1.34. The van der Waals surface area contributed by atoms with Crippen LogP contribution in [0, 0.1) is 5.92 Å². The number of amides is 1. The maximum Gasteiger partial charge on any atom is 0.309 e. The van der Waals surface area contributed by atoms with Gasteiger partial charge in [-0.15, -0.1) is 0 Å². The van der Waals surface area contributed by atoms with Crippen molar-refractivity contribution in [2.75, 3.05) is 33.4 Å². The van der Waals surface area contributed by atoms with Crippen LogP contribution in [0.15, 0.2) is 22.7 Å². The lowest BCUT2D eigenvalue weighted by atomic mass is 9.97. The van der Waals surface area contributed by atoms with Gasteiger partial charge in [-0.25, -0.2) is 0 Å². The third-order valence-corrected chi connectivity index (χ3v) is 5.32. The number of hydrogen-bond donors (Lipinski definition) is 1. The summed E-state index contributed by atoms with van der Waals surface area (Å²) >= 11 is 3.48. The second kappa shape index (κ2) is 9.92. The molecule has 0 spiro atoms. The molecule has 26 heavy (non-hydrogen) atoms. The number of methoxy groups -OCH3 is 1. The molecule has 1 aliphatic rings. The van der Waals surface area contributed by atoms with Crippen LogP contribution in [0.3, 0.4) is 0 Å². The quantitative estimate of drug-likeness (QED) is 0.678. The lowest BCUT2D eigenvalue weighted by molar-refractivity contribution is -0.151. The summed E-state index contributed by atoms with van der Waals surface area (Å²) in [5.74, 6) is 0.618. The Morgan fingerprint density at radius 3 is 2.62 bits per heavy atom. The Morgan fingerprint density at radius 2 is 2.04 bits per heavy atom. The highest BCUT2D eigenvalue weighted by Crippen LogP contribution is 2.28. The number of benzene rings is 1. The number of esters is 1. The minimum Gasteiger partial charge on any atom is -0.496 e. The van der Waals surface area contributed by atoms with Gasteiger partial charge in [0.25, 0.3) is 0 Å². The van der Waals surface area contributed by atoms with Crippen molar-refractivity contribution < 1.29 is 19.1 Å². The van der Waals surface area contributed by atoms with E-state index < -0.39 is 0 Å². The van der Waals surface area contributed by atoms with Crippen LogP contribution < -0.4 is 10.1 Å². The van der Waals surface area contributed by atoms with E-state index in [9.17, 15) is 9.59 Å². The number of ether oxygens (including phenoxy) is 2. The van der Waals surface area contributed by atoms with E-state index in [-0.39, 0.29) is 30.4 Å². The zero-order valence-electron chi connectivity index (χ0n) is 15.6. The van der Waals surface area contributed by atoms with Crippen LogP contribution in [0.4, 0.5) is 0 Å². The molecular formula is C19H27BrN2O4. The van der Waals surface area contributed by atoms with Crippen molar-refractivity contribution in [3.05, 3.63) is 28.2 Å². The van der Waals surface area contributed by atoms with Gasteiger partial charge in [0.1, 0.15) is 5.75 Å². The van der Waals surface area contributed by atoms with Crippen LogP contribution in [0.2, 0.25) is 0 Å². The maximum absolute atomic E-state index is 12.4. The van der Waals surface area contributed by atoms with Gasteiger partial charge in [0.15, 0.2) is 0 Å². The summed E-state index contributed by atoms with van der Waals surface area (Å²) in [5.41, 5.74) is 1.08. The first-order chi connectivity index (χ1) is 12.5. The van der Waals surface area contributed by atoms with Gasteiger partial charge >= 0.3 is 5.97 Å². The van der Waals surface area contributed by atoms with E-state index in [2.05, 4.69) is 21.2 Å². The number of carbonyl (C=O) groups is 2. The van der Waals surface area contributed by atoms with Gasteiger partial charge in [0.2, 0.25) is 5.91 Å². The van der Waals surface area contributed by atoms with Gasteiger partial charge in [-0.2, -0.15) is 0 Å². The fraction of sp³-hybridized carbons (Fsp3) is 0.579. The molecule has 1 saturated heterocycles. The minimum atomic E-state index is -0.142. The van der Waals surface area contributed by atoms with Gasteiger partial charge in [0.05, 0.1) is 30.7 Å². The lowest BCUT2D eigenvalue weighted by Crippen LogP contribution is -2.44. The van der Waals surface area contributed by atoms with E-state index in [0.717, 1.165) is 15.8 Å². The fourth-order valence-electron chi connectivity index (χ4n) is 3.05. The van der Waals surface area contributed by atoms with Crippen molar-refractivity contribution in [1.82, 2.24) is 10.2 Å². The second-order valence-corrected chi connectivity index (χ2v) is 7.26. The monoisotopic (exact) mass is 426 g/mol. The van der Waals surface area contributed by atoms with Crippen LogP contribution >= 0.6 is 15.9 Å². The molecule has 2 rings (SSSR count). The van der Waals surface area contributed by atoms with E-state index in [1.165, 1.54) is 0 Å². The molecule has 0 saturated carbocycles. The Balaban J connectivity index is 1.80. The third-order valence-electron chi connectivity index (χ3n) is 4.70.